The molecular formula is C13H21N3. The Bertz CT molecular complexity index is 297. The van der Waals surface area contributed by atoms with Crippen LogP contribution < -0.4 is 5.32 Å². The molecule has 0 bridgehead atoms. The van der Waals surface area contributed by atoms with E-state index in [2.05, 4.69) is 21.3 Å². The lowest BCUT2D eigenvalue weighted by molar-refractivity contribution is 0.139. The Morgan fingerprint density at radius 2 is 2.44 bits per heavy atom. The standard InChI is InChI=1S/C13H21N3/c1-14-10-13-6-2-3-8-16(13)11-12-5-4-7-15-9-12/h4-5,7,9,13-14H,2-3,6,8,10-11H2,1H3. The van der Waals surface area contributed by atoms with Gasteiger partial charge in [-0.15, -0.1) is 0 Å². The molecule has 2 rings (SSSR count). The summed E-state index contributed by atoms with van der Waals surface area (Å²) < 4.78 is 0. The van der Waals surface area contributed by atoms with Crippen molar-refractivity contribution in [3.63, 3.8) is 0 Å². The fourth-order valence-corrected chi connectivity index (χ4v) is 2.46. The van der Waals surface area contributed by atoms with Crippen molar-refractivity contribution in [3.05, 3.63) is 30.1 Å². The van der Waals surface area contributed by atoms with Crippen molar-refractivity contribution in [1.82, 2.24) is 15.2 Å². The molecule has 3 heteroatoms. The topological polar surface area (TPSA) is 28.2 Å². The molecule has 0 saturated carbocycles. The van der Waals surface area contributed by atoms with Gasteiger partial charge < -0.3 is 5.32 Å². The van der Waals surface area contributed by atoms with E-state index in [1.54, 1.807) is 0 Å². The highest BCUT2D eigenvalue weighted by Gasteiger charge is 2.21. The predicted molar refractivity (Wildman–Crippen MR) is 66.2 cm³/mol. The molecular weight excluding hydrogens is 198 g/mol. The molecule has 0 spiro atoms. The lowest BCUT2D eigenvalue weighted by Gasteiger charge is -2.35. The summed E-state index contributed by atoms with van der Waals surface area (Å²) in [5.41, 5.74) is 1.32. The van der Waals surface area contributed by atoms with Crippen LogP contribution in [0.4, 0.5) is 0 Å². The number of hydrogen-bond acceptors (Lipinski definition) is 3. The predicted octanol–water partition coefficient (Wildman–Crippen LogP) is 1.66. The molecule has 1 unspecified atom stereocenters. The average Bonchev–Trinajstić information content (AvgIpc) is 2.33. The van der Waals surface area contributed by atoms with Crippen molar-refractivity contribution in [2.75, 3.05) is 20.1 Å². The van der Waals surface area contributed by atoms with Gasteiger partial charge in [-0.1, -0.05) is 12.5 Å². The van der Waals surface area contributed by atoms with E-state index >= 15 is 0 Å². The molecule has 1 N–H and O–H groups in total. The number of hydrogen-bond donors (Lipinski definition) is 1. The molecule has 1 aliphatic rings. The van der Waals surface area contributed by atoms with Gasteiger partial charge >= 0.3 is 0 Å². The number of nitrogens with zero attached hydrogens (tertiary/aromatic N) is 2. The van der Waals surface area contributed by atoms with E-state index in [1.165, 1.54) is 31.4 Å². The third-order valence-corrected chi connectivity index (χ3v) is 3.30. The second kappa shape index (κ2) is 5.97. The number of likely N-dealkylation sites (N-methyl/N-ethyl adjacent to an activating group) is 1. The van der Waals surface area contributed by atoms with Crippen LogP contribution in [0.25, 0.3) is 0 Å². The molecule has 3 nitrogen and oxygen atoms in total. The summed E-state index contributed by atoms with van der Waals surface area (Å²) in [7, 11) is 2.04. The molecule has 16 heavy (non-hydrogen) atoms. The van der Waals surface area contributed by atoms with E-state index in [0.717, 1.165) is 13.1 Å². The molecule has 1 saturated heterocycles. The monoisotopic (exact) mass is 219 g/mol. The maximum Gasteiger partial charge on any atom is 0.0312 e. The zero-order chi connectivity index (χ0) is 11.2. The van der Waals surface area contributed by atoms with E-state index in [-0.39, 0.29) is 0 Å². The highest BCUT2D eigenvalue weighted by Crippen LogP contribution is 2.18. The summed E-state index contributed by atoms with van der Waals surface area (Å²) in [5.74, 6) is 0. The first-order valence-electron chi connectivity index (χ1n) is 6.17. The number of piperidine rings is 1. The number of aromatic nitrogens is 1. The van der Waals surface area contributed by atoms with Crippen LogP contribution in [0.1, 0.15) is 24.8 Å². The molecule has 1 atom stereocenters. The van der Waals surface area contributed by atoms with Crippen LogP contribution in [0.3, 0.4) is 0 Å². The van der Waals surface area contributed by atoms with Crippen LogP contribution in [0.15, 0.2) is 24.5 Å². The third kappa shape index (κ3) is 3.03. The fraction of sp³-hybridized carbons (Fsp3) is 0.615. The van der Waals surface area contributed by atoms with Gasteiger partial charge in [0.1, 0.15) is 0 Å². The SMILES string of the molecule is CNCC1CCCCN1Cc1cccnc1. The van der Waals surface area contributed by atoms with Crippen LogP contribution in [0.2, 0.25) is 0 Å². The van der Waals surface area contributed by atoms with Crippen LogP contribution in [0.5, 0.6) is 0 Å². The lowest BCUT2D eigenvalue weighted by atomic mass is 10.0. The Kier molecular flexibility index (Phi) is 4.31. The Balaban J connectivity index is 1.96. The van der Waals surface area contributed by atoms with Crippen LogP contribution >= 0.6 is 0 Å². The van der Waals surface area contributed by atoms with Gasteiger partial charge in [-0.05, 0) is 38.1 Å². The van der Waals surface area contributed by atoms with E-state index in [4.69, 9.17) is 0 Å². The molecule has 1 fully saturated rings. The third-order valence-electron chi connectivity index (χ3n) is 3.30. The first-order valence-corrected chi connectivity index (χ1v) is 6.17. The van der Waals surface area contributed by atoms with Gasteiger partial charge in [0.25, 0.3) is 0 Å². The molecule has 1 aromatic rings. The number of nitrogens with one attached hydrogen (secondary N) is 1. The van der Waals surface area contributed by atoms with Gasteiger partial charge in [0.2, 0.25) is 0 Å². The summed E-state index contributed by atoms with van der Waals surface area (Å²) in [6.45, 7) is 3.36. The molecule has 2 heterocycles. The molecule has 0 radical (unpaired) electrons. The first-order chi connectivity index (χ1) is 7.90. The average molecular weight is 219 g/mol. The summed E-state index contributed by atoms with van der Waals surface area (Å²) in [6, 6.07) is 4.88. The zero-order valence-electron chi connectivity index (χ0n) is 10.0. The van der Waals surface area contributed by atoms with E-state index in [9.17, 15) is 0 Å². The molecule has 1 aliphatic heterocycles. The summed E-state index contributed by atoms with van der Waals surface area (Å²) in [6.07, 6.45) is 7.84. The van der Waals surface area contributed by atoms with Crippen molar-refractivity contribution in [1.29, 1.82) is 0 Å². The second-order valence-electron chi connectivity index (χ2n) is 4.54. The van der Waals surface area contributed by atoms with Crippen LogP contribution in [0, 0.1) is 0 Å². The molecule has 0 amide bonds. The van der Waals surface area contributed by atoms with E-state index < -0.39 is 0 Å². The number of likely N-dealkylation sites (tertiary alicyclic amines) is 1. The largest absolute Gasteiger partial charge is 0.318 e. The maximum atomic E-state index is 4.18. The quantitative estimate of drug-likeness (QED) is 0.834. The minimum absolute atomic E-state index is 0.693. The highest BCUT2D eigenvalue weighted by atomic mass is 15.2. The summed E-state index contributed by atoms with van der Waals surface area (Å²) >= 11 is 0. The lowest BCUT2D eigenvalue weighted by Crippen LogP contribution is -2.44. The smallest absolute Gasteiger partial charge is 0.0312 e. The Labute approximate surface area is 97.9 Å². The zero-order valence-corrected chi connectivity index (χ0v) is 10.0. The molecule has 0 aromatic carbocycles. The van der Waals surface area contributed by atoms with Crippen LogP contribution in [-0.2, 0) is 6.54 Å². The summed E-state index contributed by atoms with van der Waals surface area (Å²) in [4.78, 5) is 6.76. The van der Waals surface area contributed by atoms with Crippen molar-refractivity contribution in [3.8, 4) is 0 Å². The first kappa shape index (κ1) is 11.6. The van der Waals surface area contributed by atoms with Gasteiger partial charge in [-0.25, -0.2) is 0 Å². The van der Waals surface area contributed by atoms with Gasteiger partial charge in [0, 0.05) is 31.5 Å². The molecule has 88 valence electrons. The Morgan fingerprint density at radius 3 is 3.19 bits per heavy atom. The van der Waals surface area contributed by atoms with Gasteiger partial charge in [-0.3, -0.25) is 9.88 Å². The fourth-order valence-electron chi connectivity index (χ4n) is 2.46. The van der Waals surface area contributed by atoms with Crippen LogP contribution in [-0.4, -0.2) is 36.1 Å². The van der Waals surface area contributed by atoms with E-state index in [1.807, 2.05) is 25.5 Å². The summed E-state index contributed by atoms with van der Waals surface area (Å²) in [5, 5.41) is 3.30. The minimum atomic E-state index is 0.693. The molecule has 1 aromatic heterocycles. The van der Waals surface area contributed by atoms with Gasteiger partial charge in [0.15, 0.2) is 0 Å². The van der Waals surface area contributed by atoms with Crippen molar-refractivity contribution < 1.29 is 0 Å². The van der Waals surface area contributed by atoms with E-state index in [0.29, 0.717) is 6.04 Å². The van der Waals surface area contributed by atoms with Crippen molar-refractivity contribution in [2.45, 2.75) is 31.8 Å². The van der Waals surface area contributed by atoms with Crippen molar-refractivity contribution in [2.24, 2.45) is 0 Å². The Hall–Kier alpha value is -0.930. The van der Waals surface area contributed by atoms with Gasteiger partial charge in [-0.2, -0.15) is 0 Å². The van der Waals surface area contributed by atoms with Gasteiger partial charge in [0.05, 0.1) is 0 Å². The molecule has 0 aliphatic carbocycles. The minimum Gasteiger partial charge on any atom is -0.318 e. The number of rotatable bonds is 4. The normalized spacial score (nSPS) is 22.2. The van der Waals surface area contributed by atoms with Crippen molar-refractivity contribution >= 4 is 0 Å². The second-order valence-corrected chi connectivity index (χ2v) is 4.54. The maximum absolute atomic E-state index is 4.18. The Morgan fingerprint density at radius 1 is 1.50 bits per heavy atom. The number of pyridine rings is 1. The highest BCUT2D eigenvalue weighted by molar-refractivity contribution is 5.08.